The SMILES string of the molecule is CCCNC(c1csc2c(Br)cccc12)C1CCC(C)O1. The Kier molecular flexibility index (Phi) is 4.99. The molecule has 1 aromatic carbocycles. The van der Waals surface area contributed by atoms with E-state index in [0.717, 1.165) is 19.4 Å². The Morgan fingerprint density at radius 1 is 1.43 bits per heavy atom. The van der Waals surface area contributed by atoms with Crippen molar-refractivity contribution in [3.63, 3.8) is 0 Å². The second kappa shape index (κ2) is 6.78. The van der Waals surface area contributed by atoms with E-state index in [2.05, 4.69) is 58.7 Å². The maximum Gasteiger partial charge on any atom is 0.0774 e. The van der Waals surface area contributed by atoms with E-state index in [-0.39, 0.29) is 0 Å². The van der Waals surface area contributed by atoms with Crippen LogP contribution in [0.2, 0.25) is 0 Å². The van der Waals surface area contributed by atoms with Gasteiger partial charge in [-0.05, 0) is 71.1 Å². The molecule has 3 atom stereocenters. The van der Waals surface area contributed by atoms with E-state index in [1.54, 1.807) is 0 Å². The van der Waals surface area contributed by atoms with Gasteiger partial charge in [0, 0.05) is 9.17 Å². The zero-order valence-electron chi connectivity index (χ0n) is 12.6. The number of benzene rings is 1. The molecule has 4 heteroatoms. The first kappa shape index (κ1) is 15.5. The van der Waals surface area contributed by atoms with Gasteiger partial charge in [0.25, 0.3) is 0 Å². The molecule has 114 valence electrons. The molecule has 0 amide bonds. The van der Waals surface area contributed by atoms with E-state index >= 15 is 0 Å². The van der Waals surface area contributed by atoms with Crippen molar-refractivity contribution in [3.05, 3.63) is 33.6 Å². The maximum atomic E-state index is 6.15. The monoisotopic (exact) mass is 367 g/mol. The predicted molar refractivity (Wildman–Crippen MR) is 94.1 cm³/mol. The average molecular weight is 368 g/mol. The third kappa shape index (κ3) is 3.19. The summed E-state index contributed by atoms with van der Waals surface area (Å²) in [6, 6.07) is 6.77. The summed E-state index contributed by atoms with van der Waals surface area (Å²) in [6.45, 7) is 5.42. The van der Waals surface area contributed by atoms with Crippen LogP contribution >= 0.6 is 27.3 Å². The van der Waals surface area contributed by atoms with Crippen molar-refractivity contribution in [3.8, 4) is 0 Å². The topological polar surface area (TPSA) is 21.3 Å². The van der Waals surface area contributed by atoms with Crippen LogP contribution in [0.5, 0.6) is 0 Å². The zero-order chi connectivity index (χ0) is 14.8. The van der Waals surface area contributed by atoms with Crippen molar-refractivity contribution in [2.75, 3.05) is 6.54 Å². The number of ether oxygens (including phenoxy) is 1. The number of hydrogen-bond donors (Lipinski definition) is 1. The highest BCUT2D eigenvalue weighted by Gasteiger charge is 2.31. The summed E-state index contributed by atoms with van der Waals surface area (Å²) >= 11 is 5.48. The van der Waals surface area contributed by atoms with E-state index in [1.807, 2.05) is 11.3 Å². The fraction of sp³-hybridized carbons (Fsp3) is 0.529. The Bertz CT molecular complexity index is 612. The molecule has 0 radical (unpaired) electrons. The number of fused-ring (bicyclic) bond motifs is 1. The molecule has 1 fully saturated rings. The summed E-state index contributed by atoms with van der Waals surface area (Å²) in [5.41, 5.74) is 1.39. The Labute approximate surface area is 139 Å². The lowest BCUT2D eigenvalue weighted by molar-refractivity contribution is 0.0320. The van der Waals surface area contributed by atoms with Crippen LogP contribution < -0.4 is 5.32 Å². The van der Waals surface area contributed by atoms with Gasteiger partial charge in [0.15, 0.2) is 0 Å². The number of nitrogens with one attached hydrogen (secondary N) is 1. The summed E-state index contributed by atoms with van der Waals surface area (Å²) in [5.74, 6) is 0. The molecule has 2 aromatic rings. The summed E-state index contributed by atoms with van der Waals surface area (Å²) in [4.78, 5) is 0. The van der Waals surface area contributed by atoms with Crippen molar-refractivity contribution in [2.24, 2.45) is 0 Å². The van der Waals surface area contributed by atoms with Gasteiger partial charge in [0.2, 0.25) is 0 Å². The molecule has 0 saturated carbocycles. The fourth-order valence-corrected chi connectivity index (χ4v) is 4.76. The van der Waals surface area contributed by atoms with Gasteiger partial charge in [-0.25, -0.2) is 0 Å². The lowest BCUT2D eigenvalue weighted by Crippen LogP contribution is -2.32. The molecule has 1 aliphatic heterocycles. The summed E-state index contributed by atoms with van der Waals surface area (Å²) in [6.07, 6.45) is 4.14. The number of halogens is 1. The Morgan fingerprint density at radius 2 is 2.29 bits per heavy atom. The van der Waals surface area contributed by atoms with Gasteiger partial charge in [-0.1, -0.05) is 19.1 Å². The third-order valence-electron chi connectivity index (χ3n) is 4.17. The predicted octanol–water partition coefficient (Wildman–Crippen LogP) is 5.27. The molecule has 3 unspecified atom stereocenters. The Morgan fingerprint density at radius 3 is 3.00 bits per heavy atom. The van der Waals surface area contributed by atoms with Crippen molar-refractivity contribution in [1.82, 2.24) is 5.32 Å². The van der Waals surface area contributed by atoms with Gasteiger partial charge in [0.1, 0.15) is 0 Å². The molecule has 2 heterocycles. The van der Waals surface area contributed by atoms with Crippen molar-refractivity contribution < 1.29 is 4.74 Å². The highest BCUT2D eigenvalue weighted by molar-refractivity contribution is 9.10. The molecule has 1 saturated heterocycles. The molecule has 1 N–H and O–H groups in total. The van der Waals surface area contributed by atoms with Crippen LogP contribution in [0, 0.1) is 0 Å². The Balaban J connectivity index is 1.95. The zero-order valence-corrected chi connectivity index (χ0v) is 15.0. The molecule has 0 spiro atoms. The highest BCUT2D eigenvalue weighted by atomic mass is 79.9. The minimum absolute atomic E-state index is 0.295. The summed E-state index contributed by atoms with van der Waals surface area (Å²) in [5, 5.41) is 7.37. The second-order valence-electron chi connectivity index (χ2n) is 5.80. The van der Waals surface area contributed by atoms with E-state index in [9.17, 15) is 0 Å². The molecule has 1 aromatic heterocycles. The summed E-state index contributed by atoms with van der Waals surface area (Å²) < 4.78 is 8.68. The van der Waals surface area contributed by atoms with E-state index < -0.39 is 0 Å². The number of thiophene rings is 1. The molecule has 1 aliphatic rings. The van der Waals surface area contributed by atoms with Crippen molar-refractivity contribution >= 4 is 37.4 Å². The lowest BCUT2D eigenvalue weighted by atomic mass is 9.98. The molecular weight excluding hydrogens is 346 g/mol. The molecule has 2 nitrogen and oxygen atoms in total. The first-order valence-electron chi connectivity index (χ1n) is 7.75. The number of rotatable bonds is 5. The van der Waals surface area contributed by atoms with Crippen LogP contribution in [0.15, 0.2) is 28.1 Å². The highest BCUT2D eigenvalue weighted by Crippen LogP contribution is 2.39. The van der Waals surface area contributed by atoms with E-state index in [0.29, 0.717) is 18.2 Å². The smallest absolute Gasteiger partial charge is 0.0774 e. The first-order chi connectivity index (χ1) is 10.2. The van der Waals surface area contributed by atoms with Gasteiger partial charge < -0.3 is 10.1 Å². The van der Waals surface area contributed by atoms with Crippen LogP contribution in [0.3, 0.4) is 0 Å². The average Bonchev–Trinajstić information content (AvgIpc) is 3.08. The molecule has 0 bridgehead atoms. The molecule has 21 heavy (non-hydrogen) atoms. The van der Waals surface area contributed by atoms with Crippen molar-refractivity contribution in [1.29, 1.82) is 0 Å². The Hall–Kier alpha value is -0.420. The minimum atomic E-state index is 0.295. The minimum Gasteiger partial charge on any atom is -0.373 e. The van der Waals surface area contributed by atoms with Crippen LogP contribution in [0.4, 0.5) is 0 Å². The van der Waals surface area contributed by atoms with E-state index in [4.69, 9.17) is 4.74 Å². The number of hydrogen-bond acceptors (Lipinski definition) is 3. The van der Waals surface area contributed by atoms with Crippen LogP contribution in [-0.4, -0.2) is 18.8 Å². The quantitative estimate of drug-likeness (QED) is 0.776. The fourth-order valence-electron chi connectivity index (χ4n) is 3.10. The van der Waals surface area contributed by atoms with Gasteiger partial charge in [-0.15, -0.1) is 11.3 Å². The maximum absolute atomic E-state index is 6.15. The third-order valence-corrected chi connectivity index (χ3v) is 6.14. The van der Waals surface area contributed by atoms with Gasteiger partial charge in [-0.3, -0.25) is 0 Å². The van der Waals surface area contributed by atoms with E-state index in [1.165, 1.54) is 26.5 Å². The largest absolute Gasteiger partial charge is 0.373 e. The molecule has 3 rings (SSSR count). The molecule has 0 aliphatic carbocycles. The standard InChI is InChI=1S/C17H22BrNOS/c1-3-9-19-16(15-8-7-11(2)20-15)13-10-21-17-12(13)5-4-6-14(17)18/h4-6,10-11,15-16,19H,3,7-9H2,1-2H3. The van der Waals surface area contributed by atoms with Crippen LogP contribution in [0.25, 0.3) is 10.1 Å². The summed E-state index contributed by atoms with van der Waals surface area (Å²) in [7, 11) is 0. The van der Waals surface area contributed by atoms with Crippen molar-refractivity contribution in [2.45, 2.75) is 51.4 Å². The van der Waals surface area contributed by atoms with Gasteiger partial charge >= 0.3 is 0 Å². The second-order valence-corrected chi connectivity index (χ2v) is 7.54. The normalized spacial score (nSPS) is 23.8. The van der Waals surface area contributed by atoms with Gasteiger partial charge in [-0.2, -0.15) is 0 Å². The lowest BCUT2D eigenvalue weighted by Gasteiger charge is -2.25. The molecular formula is C17H22BrNOS. The first-order valence-corrected chi connectivity index (χ1v) is 9.42. The van der Waals surface area contributed by atoms with Crippen LogP contribution in [-0.2, 0) is 4.74 Å². The van der Waals surface area contributed by atoms with Gasteiger partial charge in [0.05, 0.1) is 18.2 Å². The van der Waals surface area contributed by atoms with Crippen LogP contribution in [0.1, 0.15) is 44.7 Å².